The first-order chi connectivity index (χ1) is 8.04. The molecule has 0 heterocycles. The number of anilines is 1. The maximum atomic E-state index is 11.2. The Kier molecular flexibility index (Phi) is 5.37. The maximum Gasteiger partial charge on any atom is 0.325 e. The Bertz CT molecular complexity index is 437. The Hall–Kier alpha value is -1.14. The molecule has 0 amide bonds. The molecule has 0 saturated carbocycles. The zero-order valence-corrected chi connectivity index (χ0v) is 11.7. The van der Waals surface area contributed by atoms with Crippen molar-refractivity contribution in [3.05, 3.63) is 28.2 Å². The monoisotopic (exact) mass is 316 g/mol. The summed E-state index contributed by atoms with van der Waals surface area (Å²) >= 11 is 8.28. The number of hydrogen-bond donors (Lipinski definition) is 2. The molecular formula is C11H13BrN2O2S. The van der Waals surface area contributed by atoms with E-state index in [2.05, 4.69) is 21.2 Å². The van der Waals surface area contributed by atoms with Gasteiger partial charge in [0.05, 0.1) is 6.61 Å². The van der Waals surface area contributed by atoms with Gasteiger partial charge in [0.25, 0.3) is 0 Å². The van der Waals surface area contributed by atoms with E-state index in [9.17, 15) is 4.79 Å². The lowest BCUT2D eigenvalue weighted by molar-refractivity contribution is -0.140. The van der Waals surface area contributed by atoms with E-state index in [0.29, 0.717) is 17.9 Å². The number of carbonyl (C=O) groups is 1. The van der Waals surface area contributed by atoms with Gasteiger partial charge in [-0.15, -0.1) is 0 Å². The lowest BCUT2D eigenvalue weighted by atomic mass is 10.2. The van der Waals surface area contributed by atoms with E-state index in [0.717, 1.165) is 4.47 Å². The number of rotatable bonds is 5. The van der Waals surface area contributed by atoms with Crippen molar-refractivity contribution >= 4 is 44.8 Å². The molecule has 17 heavy (non-hydrogen) atoms. The SMILES string of the molecule is CCOC(=O)CNc1ccc(Br)cc1C(N)=S. The van der Waals surface area contributed by atoms with Gasteiger partial charge in [-0.2, -0.15) is 0 Å². The Morgan fingerprint density at radius 2 is 2.29 bits per heavy atom. The first-order valence-corrected chi connectivity index (χ1v) is 6.23. The van der Waals surface area contributed by atoms with Crippen LogP contribution in [-0.4, -0.2) is 24.1 Å². The molecule has 1 aromatic carbocycles. The fourth-order valence-electron chi connectivity index (χ4n) is 1.25. The van der Waals surface area contributed by atoms with Crippen LogP contribution in [0.3, 0.4) is 0 Å². The summed E-state index contributed by atoms with van der Waals surface area (Å²) in [6.45, 7) is 2.21. The zero-order valence-electron chi connectivity index (χ0n) is 9.33. The third-order valence-corrected chi connectivity index (χ3v) is 2.69. The molecule has 0 aliphatic carbocycles. The van der Waals surface area contributed by atoms with Crippen molar-refractivity contribution < 1.29 is 9.53 Å². The van der Waals surface area contributed by atoms with Crippen LogP contribution in [0.25, 0.3) is 0 Å². The van der Waals surface area contributed by atoms with Gasteiger partial charge in [-0.05, 0) is 25.1 Å². The van der Waals surface area contributed by atoms with Gasteiger partial charge in [0, 0.05) is 15.7 Å². The molecule has 3 N–H and O–H groups in total. The summed E-state index contributed by atoms with van der Waals surface area (Å²) in [5.74, 6) is -0.315. The molecule has 0 aliphatic heterocycles. The minimum Gasteiger partial charge on any atom is -0.465 e. The third-order valence-electron chi connectivity index (χ3n) is 1.98. The van der Waals surface area contributed by atoms with Crippen LogP contribution in [0.15, 0.2) is 22.7 Å². The average molecular weight is 317 g/mol. The standard InChI is InChI=1S/C11H13BrN2O2S/c1-2-16-10(15)6-14-9-4-3-7(12)5-8(9)11(13)17/h3-5,14H,2,6H2,1H3,(H2,13,17). The predicted octanol–water partition coefficient (Wildman–Crippen LogP) is 2.06. The van der Waals surface area contributed by atoms with Crippen molar-refractivity contribution in [1.29, 1.82) is 0 Å². The molecular weight excluding hydrogens is 304 g/mol. The second-order valence-electron chi connectivity index (χ2n) is 3.21. The number of esters is 1. The molecule has 0 unspecified atom stereocenters. The van der Waals surface area contributed by atoms with Gasteiger partial charge in [-0.25, -0.2) is 0 Å². The van der Waals surface area contributed by atoms with Gasteiger partial charge in [-0.1, -0.05) is 28.1 Å². The molecule has 6 heteroatoms. The van der Waals surface area contributed by atoms with Crippen LogP contribution in [-0.2, 0) is 9.53 Å². The predicted molar refractivity (Wildman–Crippen MR) is 75.2 cm³/mol. The summed E-state index contributed by atoms with van der Waals surface area (Å²) in [5.41, 5.74) is 7.01. The first-order valence-electron chi connectivity index (χ1n) is 5.03. The largest absolute Gasteiger partial charge is 0.465 e. The molecule has 0 fully saturated rings. The van der Waals surface area contributed by atoms with Crippen LogP contribution in [0.4, 0.5) is 5.69 Å². The molecule has 0 radical (unpaired) electrons. The van der Waals surface area contributed by atoms with Crippen LogP contribution in [0.1, 0.15) is 12.5 Å². The van der Waals surface area contributed by atoms with Crippen molar-refractivity contribution in [3.8, 4) is 0 Å². The van der Waals surface area contributed by atoms with E-state index in [1.54, 1.807) is 19.1 Å². The van der Waals surface area contributed by atoms with E-state index in [1.165, 1.54) is 0 Å². The Labute approximate surface area is 114 Å². The molecule has 0 bridgehead atoms. The summed E-state index contributed by atoms with van der Waals surface area (Å²) in [6.07, 6.45) is 0. The number of ether oxygens (including phenoxy) is 1. The third kappa shape index (κ3) is 4.32. The van der Waals surface area contributed by atoms with E-state index in [-0.39, 0.29) is 17.5 Å². The molecule has 0 aromatic heterocycles. The fraction of sp³-hybridized carbons (Fsp3) is 0.273. The van der Waals surface area contributed by atoms with Crippen LogP contribution in [0, 0.1) is 0 Å². The number of carbonyl (C=O) groups excluding carboxylic acids is 1. The minimum absolute atomic E-state index is 0.0884. The van der Waals surface area contributed by atoms with Crippen LogP contribution in [0.5, 0.6) is 0 Å². The number of nitrogens with two attached hydrogens (primary N) is 1. The smallest absolute Gasteiger partial charge is 0.325 e. The van der Waals surface area contributed by atoms with Gasteiger partial charge in [0.1, 0.15) is 11.5 Å². The van der Waals surface area contributed by atoms with Gasteiger partial charge >= 0.3 is 5.97 Å². The van der Waals surface area contributed by atoms with Crippen LogP contribution < -0.4 is 11.1 Å². The summed E-state index contributed by atoms with van der Waals surface area (Å²) < 4.78 is 5.69. The van der Waals surface area contributed by atoms with E-state index in [1.807, 2.05) is 6.07 Å². The highest BCUT2D eigenvalue weighted by Crippen LogP contribution is 2.20. The molecule has 0 spiro atoms. The number of thiocarbonyl (C=S) groups is 1. The molecule has 4 nitrogen and oxygen atoms in total. The van der Waals surface area contributed by atoms with Crippen molar-refractivity contribution in [1.82, 2.24) is 0 Å². The normalized spacial score (nSPS) is 9.76. The van der Waals surface area contributed by atoms with Crippen molar-refractivity contribution in [2.75, 3.05) is 18.5 Å². The van der Waals surface area contributed by atoms with Crippen LogP contribution >= 0.6 is 28.1 Å². The van der Waals surface area contributed by atoms with Crippen molar-refractivity contribution in [3.63, 3.8) is 0 Å². The summed E-state index contributed by atoms with van der Waals surface area (Å²) in [6, 6.07) is 5.45. The first kappa shape index (κ1) is 13.9. The maximum absolute atomic E-state index is 11.2. The Morgan fingerprint density at radius 3 is 2.88 bits per heavy atom. The number of halogens is 1. The quantitative estimate of drug-likeness (QED) is 0.643. The molecule has 1 aromatic rings. The molecule has 92 valence electrons. The van der Waals surface area contributed by atoms with Crippen molar-refractivity contribution in [2.24, 2.45) is 5.73 Å². The lowest BCUT2D eigenvalue weighted by Crippen LogP contribution is -2.19. The number of benzene rings is 1. The number of nitrogens with one attached hydrogen (secondary N) is 1. The molecule has 0 aliphatic rings. The van der Waals surface area contributed by atoms with Gasteiger partial charge < -0.3 is 15.8 Å². The highest BCUT2D eigenvalue weighted by Gasteiger charge is 2.08. The van der Waals surface area contributed by atoms with E-state index in [4.69, 9.17) is 22.7 Å². The molecule has 1 rings (SSSR count). The topological polar surface area (TPSA) is 64.3 Å². The molecule has 0 atom stereocenters. The Balaban J connectivity index is 2.77. The van der Waals surface area contributed by atoms with E-state index < -0.39 is 0 Å². The second kappa shape index (κ2) is 6.56. The highest BCUT2D eigenvalue weighted by atomic mass is 79.9. The van der Waals surface area contributed by atoms with Crippen LogP contribution in [0.2, 0.25) is 0 Å². The highest BCUT2D eigenvalue weighted by molar-refractivity contribution is 9.10. The zero-order chi connectivity index (χ0) is 12.8. The van der Waals surface area contributed by atoms with E-state index >= 15 is 0 Å². The Morgan fingerprint density at radius 1 is 1.59 bits per heavy atom. The molecule has 0 saturated heterocycles. The summed E-state index contributed by atoms with van der Waals surface area (Å²) in [7, 11) is 0. The average Bonchev–Trinajstić information content (AvgIpc) is 2.27. The van der Waals surface area contributed by atoms with Gasteiger partial charge in [0.2, 0.25) is 0 Å². The minimum atomic E-state index is -0.315. The summed E-state index contributed by atoms with van der Waals surface area (Å²) in [4.78, 5) is 11.5. The fourth-order valence-corrected chi connectivity index (χ4v) is 1.78. The van der Waals surface area contributed by atoms with Gasteiger partial charge in [0.15, 0.2) is 0 Å². The summed E-state index contributed by atoms with van der Waals surface area (Å²) in [5, 5.41) is 2.94. The second-order valence-corrected chi connectivity index (χ2v) is 4.57. The lowest BCUT2D eigenvalue weighted by Gasteiger charge is -2.11. The van der Waals surface area contributed by atoms with Crippen molar-refractivity contribution in [2.45, 2.75) is 6.92 Å². The van der Waals surface area contributed by atoms with Gasteiger partial charge in [-0.3, -0.25) is 4.79 Å². The number of hydrogen-bond acceptors (Lipinski definition) is 4.